The Kier molecular flexibility index (Phi) is 2.20. The summed E-state index contributed by atoms with van der Waals surface area (Å²) in [6.45, 7) is 0.466. The smallest absolute Gasteiger partial charge is 0.0468 e. The molecule has 3 aliphatic rings. The van der Waals surface area contributed by atoms with Gasteiger partial charge >= 0.3 is 0 Å². The van der Waals surface area contributed by atoms with Gasteiger partial charge in [-0.05, 0) is 36.5 Å². The summed E-state index contributed by atoms with van der Waals surface area (Å²) in [4.78, 5) is 0. The predicted molar refractivity (Wildman–Crippen MR) is 46.5 cm³/mol. The second-order valence-electron chi connectivity index (χ2n) is 3.98. The molecule has 0 aromatic carbocycles. The van der Waals surface area contributed by atoms with Crippen LogP contribution in [-0.4, -0.2) is 23.4 Å². The molecule has 4 atom stereocenters. The number of hydrogen-bond acceptors (Lipinski definition) is 2. The molecule has 12 heavy (non-hydrogen) atoms. The molecule has 0 aromatic heterocycles. The molecule has 1 fully saturated rings. The van der Waals surface area contributed by atoms with Gasteiger partial charge in [0, 0.05) is 13.2 Å². The first-order valence-corrected chi connectivity index (χ1v) is 4.77. The van der Waals surface area contributed by atoms with Crippen LogP contribution >= 0.6 is 0 Å². The van der Waals surface area contributed by atoms with Crippen molar-refractivity contribution in [2.45, 2.75) is 12.8 Å². The predicted octanol–water partition coefficient (Wildman–Crippen LogP) is 0.799. The molecule has 2 nitrogen and oxygen atoms in total. The van der Waals surface area contributed by atoms with Gasteiger partial charge in [0.1, 0.15) is 0 Å². The Morgan fingerprint density at radius 3 is 1.58 bits per heavy atom. The van der Waals surface area contributed by atoms with Crippen molar-refractivity contribution < 1.29 is 10.2 Å². The summed E-state index contributed by atoms with van der Waals surface area (Å²) in [6, 6.07) is 0. The van der Waals surface area contributed by atoms with Crippen LogP contribution in [0.15, 0.2) is 12.2 Å². The van der Waals surface area contributed by atoms with E-state index in [-0.39, 0.29) is 13.2 Å². The van der Waals surface area contributed by atoms with Crippen LogP contribution < -0.4 is 0 Å². The molecule has 0 radical (unpaired) electrons. The van der Waals surface area contributed by atoms with Crippen molar-refractivity contribution in [3.05, 3.63) is 12.2 Å². The zero-order chi connectivity index (χ0) is 8.55. The van der Waals surface area contributed by atoms with E-state index in [0.717, 1.165) is 0 Å². The lowest BCUT2D eigenvalue weighted by Gasteiger charge is -2.43. The van der Waals surface area contributed by atoms with Gasteiger partial charge in [-0.1, -0.05) is 12.2 Å². The molecular weight excluding hydrogens is 152 g/mol. The molecule has 1 saturated carbocycles. The summed E-state index contributed by atoms with van der Waals surface area (Å²) in [7, 11) is 0. The number of hydrogen-bond donors (Lipinski definition) is 2. The Bertz CT molecular complexity index is 168. The first kappa shape index (κ1) is 8.27. The normalized spacial score (nSPS) is 45.2. The lowest BCUT2D eigenvalue weighted by Crippen LogP contribution is -2.40. The standard InChI is InChI=1S/C10H16O2/c11-5-9-7-1-2-8(4-3-7)10(9)6-12/h1-2,7-12H,3-6H2/t7-,8-,9-,10-/m0/s1. The van der Waals surface area contributed by atoms with Gasteiger partial charge in [-0.15, -0.1) is 0 Å². The minimum Gasteiger partial charge on any atom is -0.396 e. The molecule has 0 aliphatic heterocycles. The molecule has 0 aromatic rings. The largest absolute Gasteiger partial charge is 0.396 e. The summed E-state index contributed by atoms with van der Waals surface area (Å²) < 4.78 is 0. The van der Waals surface area contributed by atoms with Gasteiger partial charge in [-0.2, -0.15) is 0 Å². The van der Waals surface area contributed by atoms with Crippen molar-refractivity contribution in [3.8, 4) is 0 Å². The molecule has 2 N–H and O–H groups in total. The number of aliphatic hydroxyl groups is 2. The lowest BCUT2D eigenvalue weighted by atomic mass is 9.63. The second-order valence-corrected chi connectivity index (χ2v) is 3.98. The molecule has 0 saturated heterocycles. The maximum absolute atomic E-state index is 9.17. The van der Waals surface area contributed by atoms with Crippen LogP contribution in [0.5, 0.6) is 0 Å². The second kappa shape index (κ2) is 3.19. The molecular formula is C10H16O2. The third kappa shape index (κ3) is 1.10. The highest BCUT2D eigenvalue weighted by atomic mass is 16.3. The Balaban J connectivity index is 2.18. The number of allylic oxidation sites excluding steroid dienone is 2. The van der Waals surface area contributed by atoms with Crippen LogP contribution in [0, 0.1) is 23.7 Å². The molecule has 0 heterocycles. The number of aliphatic hydroxyl groups excluding tert-OH is 2. The molecule has 3 aliphatic carbocycles. The van der Waals surface area contributed by atoms with Crippen LogP contribution in [0.1, 0.15) is 12.8 Å². The maximum Gasteiger partial charge on any atom is 0.0468 e. The van der Waals surface area contributed by atoms with Gasteiger partial charge in [0.15, 0.2) is 0 Å². The molecule has 2 bridgehead atoms. The van der Waals surface area contributed by atoms with E-state index >= 15 is 0 Å². The lowest BCUT2D eigenvalue weighted by molar-refractivity contribution is 0.0266. The van der Waals surface area contributed by atoms with E-state index in [0.29, 0.717) is 23.7 Å². The summed E-state index contributed by atoms with van der Waals surface area (Å²) in [5, 5.41) is 18.3. The van der Waals surface area contributed by atoms with Crippen molar-refractivity contribution >= 4 is 0 Å². The van der Waals surface area contributed by atoms with Gasteiger partial charge in [0.2, 0.25) is 0 Å². The Morgan fingerprint density at radius 1 is 0.917 bits per heavy atom. The van der Waals surface area contributed by atoms with E-state index in [1.807, 2.05) is 0 Å². The topological polar surface area (TPSA) is 40.5 Å². The fourth-order valence-electron chi connectivity index (χ4n) is 2.75. The quantitative estimate of drug-likeness (QED) is 0.599. The van der Waals surface area contributed by atoms with E-state index in [4.69, 9.17) is 10.2 Å². The Labute approximate surface area is 72.9 Å². The summed E-state index contributed by atoms with van der Waals surface area (Å²) >= 11 is 0. The van der Waals surface area contributed by atoms with Gasteiger partial charge < -0.3 is 10.2 Å². The van der Waals surface area contributed by atoms with Crippen molar-refractivity contribution in [1.82, 2.24) is 0 Å². The van der Waals surface area contributed by atoms with E-state index in [1.165, 1.54) is 12.8 Å². The fourth-order valence-corrected chi connectivity index (χ4v) is 2.75. The summed E-state index contributed by atoms with van der Waals surface area (Å²) in [6.07, 6.45) is 6.84. The molecule has 2 heteroatoms. The first-order valence-electron chi connectivity index (χ1n) is 4.77. The van der Waals surface area contributed by atoms with Gasteiger partial charge in [-0.25, -0.2) is 0 Å². The average Bonchev–Trinajstić information content (AvgIpc) is 2.18. The van der Waals surface area contributed by atoms with E-state index in [2.05, 4.69) is 12.2 Å². The molecule has 68 valence electrons. The van der Waals surface area contributed by atoms with Gasteiger partial charge in [-0.3, -0.25) is 0 Å². The maximum atomic E-state index is 9.17. The van der Waals surface area contributed by atoms with E-state index in [9.17, 15) is 0 Å². The number of fused-ring (bicyclic) bond motifs is 2. The van der Waals surface area contributed by atoms with Crippen molar-refractivity contribution in [2.75, 3.05) is 13.2 Å². The monoisotopic (exact) mass is 168 g/mol. The highest BCUT2D eigenvalue weighted by Crippen LogP contribution is 2.44. The third-order valence-electron chi connectivity index (χ3n) is 3.51. The summed E-state index contributed by atoms with van der Waals surface area (Å²) in [5.74, 6) is 1.69. The fraction of sp³-hybridized carbons (Fsp3) is 0.800. The minimum absolute atomic E-state index is 0.233. The van der Waals surface area contributed by atoms with Crippen LogP contribution in [-0.2, 0) is 0 Å². The molecule has 0 amide bonds. The van der Waals surface area contributed by atoms with Crippen molar-refractivity contribution in [1.29, 1.82) is 0 Å². The molecule has 0 unspecified atom stereocenters. The minimum atomic E-state index is 0.233. The van der Waals surface area contributed by atoms with Gasteiger partial charge in [0.05, 0.1) is 0 Å². The van der Waals surface area contributed by atoms with Crippen molar-refractivity contribution in [2.24, 2.45) is 23.7 Å². The Morgan fingerprint density at radius 2 is 1.33 bits per heavy atom. The van der Waals surface area contributed by atoms with Crippen molar-refractivity contribution in [3.63, 3.8) is 0 Å². The third-order valence-corrected chi connectivity index (χ3v) is 3.51. The highest BCUT2D eigenvalue weighted by molar-refractivity contribution is 5.09. The first-order chi connectivity index (χ1) is 5.86. The molecule has 0 spiro atoms. The van der Waals surface area contributed by atoms with Crippen LogP contribution in [0.4, 0.5) is 0 Å². The van der Waals surface area contributed by atoms with Gasteiger partial charge in [0.25, 0.3) is 0 Å². The SMILES string of the molecule is OC[C@@H]1[C@@H](CO)[C@H]2C=C[C@H]1CC2. The highest BCUT2D eigenvalue weighted by Gasteiger charge is 2.39. The summed E-state index contributed by atoms with van der Waals surface area (Å²) in [5.41, 5.74) is 0. The zero-order valence-corrected chi connectivity index (χ0v) is 7.19. The van der Waals surface area contributed by atoms with Crippen LogP contribution in [0.3, 0.4) is 0 Å². The van der Waals surface area contributed by atoms with E-state index in [1.54, 1.807) is 0 Å². The molecule has 3 rings (SSSR count). The Hall–Kier alpha value is -0.340. The number of rotatable bonds is 2. The van der Waals surface area contributed by atoms with Crippen LogP contribution in [0.25, 0.3) is 0 Å². The van der Waals surface area contributed by atoms with Crippen LogP contribution in [0.2, 0.25) is 0 Å². The average molecular weight is 168 g/mol. The zero-order valence-electron chi connectivity index (χ0n) is 7.19. The van der Waals surface area contributed by atoms with E-state index < -0.39 is 0 Å².